The van der Waals surface area contributed by atoms with Crippen molar-refractivity contribution < 1.29 is 14.3 Å². The van der Waals surface area contributed by atoms with E-state index in [0.717, 1.165) is 12.8 Å². The molecule has 1 aromatic heterocycles. The van der Waals surface area contributed by atoms with Gasteiger partial charge in [0.25, 0.3) is 0 Å². The van der Waals surface area contributed by atoms with Crippen molar-refractivity contribution in [3.8, 4) is 5.75 Å². The lowest BCUT2D eigenvalue weighted by atomic mass is 10.1. The van der Waals surface area contributed by atoms with Gasteiger partial charge in [0.15, 0.2) is 11.6 Å². The minimum absolute atomic E-state index is 0.0598. The van der Waals surface area contributed by atoms with Gasteiger partial charge in [0.1, 0.15) is 23.2 Å². The van der Waals surface area contributed by atoms with Gasteiger partial charge in [-0.3, -0.25) is 4.79 Å². The highest BCUT2D eigenvalue weighted by Gasteiger charge is 2.20. The second kappa shape index (κ2) is 12.6. The van der Waals surface area contributed by atoms with E-state index >= 15 is 0 Å². The molecule has 0 fully saturated rings. The number of hydrogen-bond acceptors (Lipinski definition) is 10. The maximum atomic E-state index is 12.2. The summed E-state index contributed by atoms with van der Waals surface area (Å²) >= 11 is 0. The number of azo groups is 1. The lowest BCUT2D eigenvalue weighted by Crippen LogP contribution is -2.38. The number of nitrogens with two attached hydrogens (primary N) is 4. The third-order valence-corrected chi connectivity index (χ3v) is 4.79. The second-order valence-corrected chi connectivity index (χ2v) is 7.84. The van der Waals surface area contributed by atoms with Gasteiger partial charge in [0, 0.05) is 0 Å². The molecule has 0 bridgehead atoms. The van der Waals surface area contributed by atoms with Crippen LogP contribution in [0.15, 0.2) is 46.6 Å². The van der Waals surface area contributed by atoms with Crippen LogP contribution in [0.5, 0.6) is 5.75 Å². The number of nitrogens with one attached hydrogen (secondary N) is 1. The van der Waals surface area contributed by atoms with Crippen molar-refractivity contribution in [1.29, 1.82) is 0 Å². The van der Waals surface area contributed by atoms with E-state index in [0.29, 0.717) is 18.7 Å². The molecule has 2 aromatic rings. The van der Waals surface area contributed by atoms with Gasteiger partial charge in [-0.25, -0.2) is 9.78 Å². The smallest absolute Gasteiger partial charge is 0.328 e. The molecule has 0 radical (unpaired) electrons. The Kier molecular flexibility index (Phi) is 9.85. The van der Waals surface area contributed by atoms with E-state index in [1.807, 2.05) is 13.8 Å². The van der Waals surface area contributed by atoms with Crippen LogP contribution < -0.4 is 33.0 Å². The third kappa shape index (κ3) is 7.90. The standard InChI is InChI=1S/C22H32N8O3/c1-13(2)19(25)22(32)33-17-9-4-3-8-15(17)29-30-16-10-11-18(27-20(16)26)28-21(31)14(24)7-5-6-12-23/h3-4,8-11,13-14,19H,5-7,12,23-25H2,1-2H3,(H3,26,27,28,31)/t14-,19-/m0/s1. The highest BCUT2D eigenvalue weighted by molar-refractivity contribution is 5.94. The molecule has 0 unspecified atom stereocenters. The Morgan fingerprint density at radius 3 is 2.42 bits per heavy atom. The fraction of sp³-hybridized carbons (Fsp3) is 0.409. The molecule has 2 rings (SSSR count). The number of pyridine rings is 1. The van der Waals surface area contributed by atoms with E-state index < -0.39 is 18.1 Å². The van der Waals surface area contributed by atoms with Crippen LogP contribution in [0.3, 0.4) is 0 Å². The predicted octanol–water partition coefficient (Wildman–Crippen LogP) is 2.36. The summed E-state index contributed by atoms with van der Waals surface area (Å²) in [5, 5.41) is 10.9. The Hall–Kier alpha value is -3.41. The monoisotopic (exact) mass is 456 g/mol. The van der Waals surface area contributed by atoms with E-state index in [9.17, 15) is 9.59 Å². The van der Waals surface area contributed by atoms with E-state index in [2.05, 4.69) is 20.5 Å². The SMILES string of the molecule is CC(C)[C@H](N)C(=O)Oc1ccccc1N=Nc1ccc(NC(=O)[C@@H](N)CCCCN)nc1N. The Balaban J connectivity index is 2.08. The molecule has 0 aliphatic heterocycles. The molecule has 0 saturated heterocycles. The quantitative estimate of drug-likeness (QED) is 0.147. The van der Waals surface area contributed by atoms with Gasteiger partial charge in [-0.15, -0.1) is 10.2 Å². The van der Waals surface area contributed by atoms with Crippen LogP contribution >= 0.6 is 0 Å². The van der Waals surface area contributed by atoms with E-state index in [4.69, 9.17) is 27.7 Å². The summed E-state index contributed by atoms with van der Waals surface area (Å²) in [6.07, 6.45) is 2.09. The number of anilines is 2. The van der Waals surface area contributed by atoms with Crippen LogP contribution in [0, 0.1) is 5.92 Å². The molecular weight excluding hydrogens is 424 g/mol. The van der Waals surface area contributed by atoms with Gasteiger partial charge in [0.2, 0.25) is 5.91 Å². The zero-order valence-electron chi connectivity index (χ0n) is 18.9. The number of benzene rings is 1. The number of para-hydroxylation sites is 1. The third-order valence-electron chi connectivity index (χ3n) is 4.79. The number of rotatable bonds is 11. The molecule has 11 heteroatoms. The summed E-state index contributed by atoms with van der Waals surface area (Å²) in [4.78, 5) is 28.5. The maximum Gasteiger partial charge on any atom is 0.328 e. The van der Waals surface area contributed by atoms with Gasteiger partial charge in [-0.2, -0.15) is 0 Å². The molecule has 2 atom stereocenters. The number of nitrogens with zero attached hydrogens (tertiary/aromatic N) is 3. The first kappa shape index (κ1) is 25.8. The van der Waals surface area contributed by atoms with Crippen molar-refractivity contribution >= 4 is 34.9 Å². The molecule has 1 heterocycles. The minimum Gasteiger partial charge on any atom is -0.423 e. The van der Waals surface area contributed by atoms with E-state index in [1.165, 1.54) is 0 Å². The highest BCUT2D eigenvalue weighted by atomic mass is 16.5. The molecule has 1 amide bonds. The van der Waals surface area contributed by atoms with E-state index in [1.54, 1.807) is 36.4 Å². The van der Waals surface area contributed by atoms with Crippen molar-refractivity contribution in [3.05, 3.63) is 36.4 Å². The lowest BCUT2D eigenvalue weighted by molar-refractivity contribution is -0.136. The van der Waals surface area contributed by atoms with Crippen molar-refractivity contribution in [2.75, 3.05) is 17.6 Å². The van der Waals surface area contributed by atoms with Crippen molar-refractivity contribution in [1.82, 2.24) is 4.98 Å². The first-order chi connectivity index (χ1) is 15.7. The van der Waals surface area contributed by atoms with Crippen LogP contribution in [-0.2, 0) is 9.59 Å². The molecule has 0 aliphatic rings. The Labute approximate surface area is 193 Å². The lowest BCUT2D eigenvalue weighted by Gasteiger charge is -2.14. The number of amides is 1. The molecule has 1 aromatic carbocycles. The number of carbonyl (C=O) groups excluding carboxylic acids is 2. The number of hydrogen-bond donors (Lipinski definition) is 5. The average Bonchev–Trinajstić information content (AvgIpc) is 2.78. The van der Waals surface area contributed by atoms with Crippen molar-refractivity contribution in [2.45, 2.75) is 45.2 Å². The molecule has 0 spiro atoms. The Bertz CT molecular complexity index is 980. The fourth-order valence-corrected chi connectivity index (χ4v) is 2.66. The molecule has 0 saturated carbocycles. The maximum absolute atomic E-state index is 12.2. The number of aromatic nitrogens is 1. The molecule has 33 heavy (non-hydrogen) atoms. The summed E-state index contributed by atoms with van der Waals surface area (Å²) in [6.45, 7) is 4.21. The van der Waals surface area contributed by atoms with Crippen LogP contribution in [0.25, 0.3) is 0 Å². The van der Waals surface area contributed by atoms with Gasteiger partial charge < -0.3 is 33.0 Å². The average molecular weight is 457 g/mol. The largest absolute Gasteiger partial charge is 0.423 e. The van der Waals surface area contributed by atoms with Gasteiger partial charge in [0.05, 0.1) is 6.04 Å². The minimum atomic E-state index is -0.758. The van der Waals surface area contributed by atoms with Gasteiger partial charge in [-0.1, -0.05) is 32.4 Å². The fourth-order valence-electron chi connectivity index (χ4n) is 2.66. The van der Waals surface area contributed by atoms with Crippen LogP contribution in [0.4, 0.5) is 23.0 Å². The number of esters is 1. The second-order valence-electron chi connectivity index (χ2n) is 7.84. The summed E-state index contributed by atoms with van der Waals surface area (Å²) < 4.78 is 5.38. The molecule has 0 aliphatic carbocycles. The first-order valence-electron chi connectivity index (χ1n) is 10.7. The summed E-state index contributed by atoms with van der Waals surface area (Å²) in [7, 11) is 0. The number of carbonyl (C=O) groups is 2. The van der Waals surface area contributed by atoms with Crippen LogP contribution in [-0.4, -0.2) is 35.5 Å². The highest BCUT2D eigenvalue weighted by Crippen LogP contribution is 2.31. The Morgan fingerprint density at radius 2 is 1.76 bits per heavy atom. The number of nitrogen functional groups attached to an aromatic ring is 1. The van der Waals surface area contributed by atoms with Crippen molar-refractivity contribution in [3.63, 3.8) is 0 Å². The van der Waals surface area contributed by atoms with Crippen LogP contribution in [0.2, 0.25) is 0 Å². The van der Waals surface area contributed by atoms with E-state index in [-0.39, 0.29) is 34.9 Å². The normalized spacial score (nSPS) is 13.2. The van der Waals surface area contributed by atoms with Crippen LogP contribution in [0.1, 0.15) is 33.1 Å². The van der Waals surface area contributed by atoms with Gasteiger partial charge >= 0.3 is 5.97 Å². The van der Waals surface area contributed by atoms with Gasteiger partial charge in [-0.05, 0) is 49.6 Å². The molecular formula is C22H32N8O3. The molecule has 9 N–H and O–H groups in total. The summed E-state index contributed by atoms with van der Waals surface area (Å²) in [5.74, 6) is -0.455. The Morgan fingerprint density at radius 1 is 1.06 bits per heavy atom. The number of ether oxygens (including phenoxy) is 1. The summed E-state index contributed by atoms with van der Waals surface area (Å²) in [5.41, 5.74) is 23.7. The predicted molar refractivity (Wildman–Crippen MR) is 127 cm³/mol. The topological polar surface area (TPSA) is 197 Å². The zero-order valence-corrected chi connectivity index (χ0v) is 18.9. The number of unbranched alkanes of at least 4 members (excludes halogenated alkanes) is 1. The molecule has 11 nitrogen and oxygen atoms in total. The molecule has 178 valence electrons. The van der Waals surface area contributed by atoms with Crippen molar-refractivity contribution in [2.24, 2.45) is 33.3 Å². The first-order valence-corrected chi connectivity index (χ1v) is 10.7. The summed E-state index contributed by atoms with van der Waals surface area (Å²) in [6, 6.07) is 8.34. The zero-order chi connectivity index (χ0) is 24.4.